The van der Waals surface area contributed by atoms with Crippen LogP contribution in [-0.2, 0) is 9.53 Å². The van der Waals surface area contributed by atoms with Gasteiger partial charge in [-0.05, 0) is 17.7 Å². The molecule has 1 aliphatic heterocycles. The molecular formula is C18H14N4O4. The van der Waals surface area contributed by atoms with E-state index in [1.807, 2.05) is 30.3 Å². The Hall–Kier alpha value is -3.68. The second kappa shape index (κ2) is 6.32. The third-order valence-electron chi connectivity index (χ3n) is 4.09. The van der Waals surface area contributed by atoms with Gasteiger partial charge in [0.1, 0.15) is 18.1 Å². The molecule has 0 unspecified atom stereocenters. The first-order valence-corrected chi connectivity index (χ1v) is 7.83. The molecule has 0 aliphatic carbocycles. The lowest BCUT2D eigenvalue weighted by molar-refractivity contribution is -0.136. The van der Waals surface area contributed by atoms with Gasteiger partial charge in [0.05, 0.1) is 18.9 Å². The number of esters is 1. The molecule has 1 N–H and O–H groups in total. The van der Waals surface area contributed by atoms with Crippen LogP contribution in [0.5, 0.6) is 0 Å². The van der Waals surface area contributed by atoms with Gasteiger partial charge in [0, 0.05) is 0 Å². The number of nitrogens with one attached hydrogen (secondary N) is 1. The first-order chi connectivity index (χ1) is 12.7. The Kier molecular flexibility index (Phi) is 3.85. The molecule has 0 spiro atoms. The average Bonchev–Trinajstić information content (AvgIpc) is 3.37. The van der Waals surface area contributed by atoms with Crippen molar-refractivity contribution in [1.29, 1.82) is 0 Å². The van der Waals surface area contributed by atoms with Gasteiger partial charge in [-0.1, -0.05) is 30.3 Å². The minimum absolute atomic E-state index is 0.0169. The van der Waals surface area contributed by atoms with E-state index in [1.165, 1.54) is 19.7 Å². The zero-order valence-electron chi connectivity index (χ0n) is 13.7. The summed E-state index contributed by atoms with van der Waals surface area (Å²) >= 11 is 0. The van der Waals surface area contributed by atoms with Gasteiger partial charge < -0.3 is 14.5 Å². The summed E-state index contributed by atoms with van der Waals surface area (Å²) in [6.07, 6.45) is 2.76. The number of aromatic nitrogens is 3. The van der Waals surface area contributed by atoms with Crippen LogP contribution in [0.15, 0.2) is 70.7 Å². The summed E-state index contributed by atoms with van der Waals surface area (Å²) in [5.74, 6) is -0.643. The lowest BCUT2D eigenvalue weighted by Crippen LogP contribution is -2.32. The maximum absolute atomic E-state index is 13.1. The Bertz CT molecular complexity index is 989. The number of allylic oxidation sites excluding steroid dienone is 1. The van der Waals surface area contributed by atoms with Crippen molar-refractivity contribution in [1.82, 2.24) is 14.8 Å². The van der Waals surface area contributed by atoms with Crippen molar-refractivity contribution in [2.75, 3.05) is 12.4 Å². The lowest BCUT2D eigenvalue weighted by Gasteiger charge is -2.28. The molecule has 1 aliphatic rings. The first-order valence-electron chi connectivity index (χ1n) is 7.83. The number of fused-ring (bicyclic) bond motifs is 1. The van der Waals surface area contributed by atoms with E-state index >= 15 is 0 Å². The van der Waals surface area contributed by atoms with Crippen LogP contribution in [0.4, 0.5) is 5.95 Å². The number of furan rings is 1. The number of Topliss-reactive ketones (excluding diaryl/α,β-unsaturated/α-hetero) is 1. The SMILES string of the molecule is COC(=O)C1=C(C(=O)c2ccco2)[C@H](c2ccccc2)n2ncnc2N1. The molecule has 8 heteroatoms. The maximum Gasteiger partial charge on any atom is 0.355 e. The van der Waals surface area contributed by atoms with Gasteiger partial charge in [-0.25, -0.2) is 9.48 Å². The maximum atomic E-state index is 13.1. The van der Waals surface area contributed by atoms with E-state index in [1.54, 1.807) is 16.8 Å². The van der Waals surface area contributed by atoms with Gasteiger partial charge in [-0.3, -0.25) is 4.79 Å². The van der Waals surface area contributed by atoms with Crippen molar-refractivity contribution >= 4 is 17.7 Å². The van der Waals surface area contributed by atoms with E-state index in [-0.39, 0.29) is 17.0 Å². The van der Waals surface area contributed by atoms with Crippen LogP contribution in [0.25, 0.3) is 0 Å². The highest BCUT2D eigenvalue weighted by molar-refractivity contribution is 6.13. The van der Waals surface area contributed by atoms with E-state index in [9.17, 15) is 9.59 Å². The fourth-order valence-corrected chi connectivity index (χ4v) is 2.95. The molecule has 0 amide bonds. The number of methoxy groups -OCH3 is 1. The van der Waals surface area contributed by atoms with Crippen molar-refractivity contribution in [3.05, 3.63) is 77.6 Å². The lowest BCUT2D eigenvalue weighted by atomic mass is 9.91. The minimum Gasteiger partial charge on any atom is -0.464 e. The summed E-state index contributed by atoms with van der Waals surface area (Å²) in [7, 11) is 1.25. The summed E-state index contributed by atoms with van der Waals surface area (Å²) in [6, 6.07) is 11.8. The van der Waals surface area contributed by atoms with Crippen molar-refractivity contribution in [2.45, 2.75) is 6.04 Å². The topological polar surface area (TPSA) is 99.3 Å². The second-order valence-electron chi connectivity index (χ2n) is 5.55. The van der Waals surface area contributed by atoms with E-state index in [2.05, 4.69) is 15.4 Å². The Morgan fingerprint density at radius 1 is 1.19 bits per heavy atom. The molecule has 4 rings (SSSR count). The van der Waals surface area contributed by atoms with Gasteiger partial charge in [-0.15, -0.1) is 0 Å². The normalized spacial score (nSPS) is 16.0. The van der Waals surface area contributed by atoms with Gasteiger partial charge in [0.15, 0.2) is 5.76 Å². The van der Waals surface area contributed by atoms with E-state index in [0.29, 0.717) is 5.95 Å². The summed E-state index contributed by atoms with van der Waals surface area (Å²) in [5, 5.41) is 7.07. The molecule has 1 aromatic carbocycles. The van der Waals surface area contributed by atoms with Gasteiger partial charge in [0.25, 0.3) is 0 Å². The summed E-state index contributed by atoms with van der Waals surface area (Å²) in [4.78, 5) is 29.6. The number of benzene rings is 1. The predicted molar refractivity (Wildman–Crippen MR) is 90.3 cm³/mol. The fraction of sp³-hybridized carbons (Fsp3) is 0.111. The van der Waals surface area contributed by atoms with Gasteiger partial charge in [0.2, 0.25) is 11.7 Å². The van der Waals surface area contributed by atoms with E-state index in [0.717, 1.165) is 5.56 Å². The fourth-order valence-electron chi connectivity index (χ4n) is 2.95. The van der Waals surface area contributed by atoms with Crippen LogP contribution < -0.4 is 5.32 Å². The zero-order valence-corrected chi connectivity index (χ0v) is 13.7. The predicted octanol–water partition coefficient (Wildman–Crippen LogP) is 2.20. The third-order valence-corrected chi connectivity index (χ3v) is 4.09. The van der Waals surface area contributed by atoms with Crippen molar-refractivity contribution < 1.29 is 18.7 Å². The number of anilines is 1. The number of hydrogen-bond donors (Lipinski definition) is 1. The second-order valence-corrected chi connectivity index (χ2v) is 5.55. The minimum atomic E-state index is -0.671. The largest absolute Gasteiger partial charge is 0.464 e. The number of hydrogen-bond acceptors (Lipinski definition) is 7. The number of carbonyl (C=O) groups is 2. The molecule has 1 atom stereocenters. The summed E-state index contributed by atoms with van der Waals surface area (Å²) in [5.41, 5.74) is 0.969. The quantitative estimate of drug-likeness (QED) is 0.569. The Balaban J connectivity index is 1.96. The Morgan fingerprint density at radius 2 is 2.00 bits per heavy atom. The average molecular weight is 350 g/mol. The zero-order chi connectivity index (χ0) is 18.1. The van der Waals surface area contributed by atoms with Crippen LogP contribution in [0.1, 0.15) is 22.2 Å². The van der Waals surface area contributed by atoms with E-state index < -0.39 is 17.8 Å². The molecule has 0 saturated carbocycles. The van der Waals surface area contributed by atoms with Crippen molar-refractivity contribution in [2.24, 2.45) is 0 Å². The van der Waals surface area contributed by atoms with Crippen LogP contribution in [0, 0.1) is 0 Å². The molecule has 0 bridgehead atoms. The molecule has 2 aromatic heterocycles. The van der Waals surface area contributed by atoms with Crippen LogP contribution >= 0.6 is 0 Å². The Morgan fingerprint density at radius 3 is 2.69 bits per heavy atom. The molecule has 3 heterocycles. The Labute approximate surface area is 148 Å². The highest BCUT2D eigenvalue weighted by Gasteiger charge is 2.38. The van der Waals surface area contributed by atoms with Crippen molar-refractivity contribution in [3.63, 3.8) is 0 Å². The summed E-state index contributed by atoms with van der Waals surface area (Å²) in [6.45, 7) is 0. The monoisotopic (exact) mass is 350 g/mol. The summed E-state index contributed by atoms with van der Waals surface area (Å²) < 4.78 is 11.7. The van der Waals surface area contributed by atoms with Crippen molar-refractivity contribution in [3.8, 4) is 0 Å². The van der Waals surface area contributed by atoms with Crippen LogP contribution in [-0.4, -0.2) is 33.6 Å². The number of carbonyl (C=O) groups excluding carboxylic acids is 2. The number of ether oxygens (including phenoxy) is 1. The standard InChI is InChI=1S/C18H14N4O4/c1-25-17(24)14-13(16(23)12-8-5-9-26-12)15(11-6-3-2-4-7-11)22-18(21-14)19-10-20-22/h2-10,15H,1H3,(H,19,20,21)/t15-/m0/s1. The third kappa shape index (κ3) is 2.48. The molecule has 0 fully saturated rings. The van der Waals surface area contributed by atoms with Crippen LogP contribution in [0.3, 0.4) is 0 Å². The first kappa shape index (κ1) is 15.8. The molecule has 130 valence electrons. The molecule has 0 saturated heterocycles. The number of ketones is 1. The number of rotatable bonds is 4. The molecule has 3 aromatic rings. The van der Waals surface area contributed by atoms with Gasteiger partial charge >= 0.3 is 5.97 Å². The molecular weight excluding hydrogens is 336 g/mol. The molecule has 26 heavy (non-hydrogen) atoms. The number of nitrogens with zero attached hydrogens (tertiary/aromatic N) is 3. The smallest absolute Gasteiger partial charge is 0.355 e. The highest BCUT2D eigenvalue weighted by Crippen LogP contribution is 2.36. The highest BCUT2D eigenvalue weighted by atomic mass is 16.5. The van der Waals surface area contributed by atoms with Crippen LogP contribution in [0.2, 0.25) is 0 Å². The molecule has 0 radical (unpaired) electrons. The van der Waals surface area contributed by atoms with E-state index in [4.69, 9.17) is 9.15 Å². The van der Waals surface area contributed by atoms with Gasteiger partial charge in [-0.2, -0.15) is 10.1 Å². The molecule has 8 nitrogen and oxygen atoms in total.